The second kappa shape index (κ2) is 9.75. The van der Waals surface area contributed by atoms with Crippen molar-refractivity contribution in [2.24, 2.45) is 0 Å². The Balaban J connectivity index is 1.40. The van der Waals surface area contributed by atoms with Gasteiger partial charge in [0.15, 0.2) is 5.82 Å². The van der Waals surface area contributed by atoms with Crippen molar-refractivity contribution in [2.75, 3.05) is 34.8 Å². The monoisotopic (exact) mass is 528 g/mol. The number of nitrogens with zero attached hydrogens (tertiary/aromatic N) is 5. The van der Waals surface area contributed by atoms with Gasteiger partial charge in [0, 0.05) is 37.3 Å². The summed E-state index contributed by atoms with van der Waals surface area (Å²) >= 11 is 0. The molecule has 5 rings (SSSR count). The predicted octanol–water partition coefficient (Wildman–Crippen LogP) is 4.73. The molecule has 2 aliphatic heterocycles. The number of nitrogens with one attached hydrogen (secondary N) is 1. The first-order valence-corrected chi connectivity index (χ1v) is 12.2. The summed E-state index contributed by atoms with van der Waals surface area (Å²) in [5, 5.41) is 12.7. The smallest absolute Gasteiger partial charge is 0.433 e. The lowest BCUT2D eigenvalue weighted by Crippen LogP contribution is -2.48. The van der Waals surface area contributed by atoms with Crippen molar-refractivity contribution in [3.05, 3.63) is 54.4 Å². The topological polar surface area (TPSA) is 104 Å². The Morgan fingerprint density at radius 1 is 1.18 bits per heavy atom. The fraction of sp³-hybridized carbons (Fsp3) is 0.385. The second-order valence-corrected chi connectivity index (χ2v) is 9.93. The van der Waals surface area contributed by atoms with Crippen molar-refractivity contribution < 1.29 is 27.8 Å². The first-order chi connectivity index (χ1) is 18.0. The number of anilines is 3. The molecule has 3 aromatic rings. The summed E-state index contributed by atoms with van der Waals surface area (Å²) in [4.78, 5) is 29.5. The van der Waals surface area contributed by atoms with Gasteiger partial charge in [0.05, 0.1) is 29.6 Å². The molecule has 38 heavy (non-hydrogen) atoms. The molecule has 0 spiro atoms. The van der Waals surface area contributed by atoms with E-state index in [4.69, 9.17) is 4.74 Å². The molecule has 12 heteroatoms. The highest BCUT2D eigenvalue weighted by Gasteiger charge is 2.40. The third-order valence-electron chi connectivity index (χ3n) is 6.44. The number of ether oxygens (including phenoxy) is 1. The van der Waals surface area contributed by atoms with E-state index in [1.165, 1.54) is 6.07 Å². The van der Waals surface area contributed by atoms with Crippen LogP contribution in [0.4, 0.5) is 35.3 Å². The normalized spacial score (nSPS) is 16.8. The average Bonchev–Trinajstić information content (AvgIpc) is 3.27. The number of aliphatic hydroxyl groups is 1. The predicted molar refractivity (Wildman–Crippen MR) is 135 cm³/mol. The zero-order valence-electron chi connectivity index (χ0n) is 20.9. The Morgan fingerprint density at radius 3 is 2.76 bits per heavy atom. The molecule has 1 fully saturated rings. The maximum absolute atomic E-state index is 13.5. The van der Waals surface area contributed by atoms with Crippen LogP contribution in [0.5, 0.6) is 5.88 Å². The number of amides is 2. The van der Waals surface area contributed by atoms with E-state index in [1.54, 1.807) is 49.1 Å². The lowest BCUT2D eigenvalue weighted by atomic mass is 10.1. The summed E-state index contributed by atoms with van der Waals surface area (Å²) in [5.74, 6) is 0.950. The molecule has 2 N–H and O–H groups in total. The molecule has 0 radical (unpaired) electrons. The Kier molecular flexibility index (Phi) is 6.59. The number of carbonyl (C=O) groups is 1. The van der Waals surface area contributed by atoms with Crippen LogP contribution in [0.25, 0.3) is 11.3 Å². The van der Waals surface area contributed by atoms with Crippen LogP contribution in [0, 0.1) is 0 Å². The van der Waals surface area contributed by atoms with Gasteiger partial charge in [-0.15, -0.1) is 0 Å². The van der Waals surface area contributed by atoms with Gasteiger partial charge in [-0.05, 0) is 50.6 Å². The zero-order valence-corrected chi connectivity index (χ0v) is 20.9. The van der Waals surface area contributed by atoms with Gasteiger partial charge in [-0.3, -0.25) is 15.2 Å². The highest BCUT2D eigenvalue weighted by atomic mass is 19.4. The number of hydrogen-bond donors (Lipinski definition) is 2. The van der Waals surface area contributed by atoms with Gasteiger partial charge in [0.1, 0.15) is 11.5 Å². The van der Waals surface area contributed by atoms with Crippen molar-refractivity contribution in [1.82, 2.24) is 15.0 Å². The molecule has 3 aromatic heterocycles. The van der Waals surface area contributed by atoms with Gasteiger partial charge >= 0.3 is 12.2 Å². The zero-order chi connectivity index (χ0) is 27.1. The number of carbonyl (C=O) groups excluding carboxylic acids is 1. The lowest BCUT2D eigenvalue weighted by Gasteiger charge is -2.35. The van der Waals surface area contributed by atoms with Gasteiger partial charge in [0.2, 0.25) is 5.88 Å². The van der Waals surface area contributed by atoms with E-state index in [0.29, 0.717) is 30.4 Å². The van der Waals surface area contributed by atoms with E-state index < -0.39 is 23.5 Å². The molecule has 0 aliphatic carbocycles. The first-order valence-electron chi connectivity index (χ1n) is 12.2. The average molecular weight is 529 g/mol. The van der Waals surface area contributed by atoms with Crippen molar-refractivity contribution in [1.29, 1.82) is 0 Å². The molecule has 0 aromatic carbocycles. The van der Waals surface area contributed by atoms with E-state index in [-0.39, 0.29) is 24.0 Å². The molecule has 1 saturated heterocycles. The molecule has 2 bridgehead atoms. The quantitative estimate of drug-likeness (QED) is 0.477. The largest absolute Gasteiger partial charge is 0.477 e. The van der Waals surface area contributed by atoms with Crippen LogP contribution in [0.2, 0.25) is 0 Å². The molecule has 200 valence electrons. The van der Waals surface area contributed by atoms with Crippen LogP contribution in [-0.2, 0) is 6.18 Å². The number of alkyl halides is 3. The molecular weight excluding hydrogens is 501 g/mol. The number of rotatable bonds is 6. The second-order valence-electron chi connectivity index (χ2n) is 9.93. The summed E-state index contributed by atoms with van der Waals surface area (Å²) < 4.78 is 45.3. The van der Waals surface area contributed by atoms with Gasteiger partial charge in [-0.25, -0.2) is 9.78 Å². The van der Waals surface area contributed by atoms with Crippen LogP contribution in [0.3, 0.4) is 0 Å². The van der Waals surface area contributed by atoms with Crippen LogP contribution >= 0.6 is 0 Å². The fourth-order valence-electron chi connectivity index (χ4n) is 4.52. The number of pyridine rings is 3. The third-order valence-corrected chi connectivity index (χ3v) is 6.44. The molecular formula is C26H27F3N6O3. The molecule has 5 heterocycles. The lowest BCUT2D eigenvalue weighted by molar-refractivity contribution is -0.141. The Morgan fingerprint density at radius 2 is 2.00 bits per heavy atom. The van der Waals surface area contributed by atoms with Crippen molar-refractivity contribution in [2.45, 2.75) is 44.5 Å². The molecule has 0 unspecified atom stereocenters. The number of hydrogen-bond acceptors (Lipinski definition) is 7. The first kappa shape index (κ1) is 25.7. The Labute approximate surface area is 217 Å². The van der Waals surface area contributed by atoms with Gasteiger partial charge in [-0.2, -0.15) is 18.2 Å². The minimum atomic E-state index is -4.58. The minimum absolute atomic E-state index is 0.153. The standard InChI is InChI=1S/C26H27F3N6O3/c1-25(2,37)10-13-38-22-5-3-4-21(32-22)33-24(36)35-17-9-12-34(15-17)19-7-6-18(31-23(19)35)16-8-11-30-20(14-16)26(27,28)29/h3-8,11,14,17,37H,9-10,12-13,15H2,1-2H3,(H,32,33,36)/t17-/m0/s1. The molecule has 9 nitrogen and oxygen atoms in total. The number of aromatic nitrogens is 3. The van der Waals surface area contributed by atoms with E-state index in [2.05, 4.69) is 25.2 Å². The molecule has 1 atom stereocenters. The maximum Gasteiger partial charge on any atom is 0.433 e. The van der Waals surface area contributed by atoms with E-state index in [0.717, 1.165) is 30.9 Å². The number of urea groups is 1. The van der Waals surface area contributed by atoms with Crippen molar-refractivity contribution in [3.8, 4) is 17.1 Å². The maximum atomic E-state index is 13.5. The summed E-state index contributed by atoms with van der Waals surface area (Å²) in [6.07, 6.45) is -2.36. The van der Waals surface area contributed by atoms with Crippen LogP contribution in [0.15, 0.2) is 48.7 Å². The van der Waals surface area contributed by atoms with Crippen LogP contribution < -0.4 is 19.9 Å². The van der Waals surface area contributed by atoms with E-state index in [1.807, 2.05) is 0 Å². The SMILES string of the molecule is CC(C)(O)CCOc1cccc(NC(=O)N2c3nc(-c4ccnc(C(F)(F)F)c4)ccc3N3CC[C@H]2C3)n1. The fourth-order valence-corrected chi connectivity index (χ4v) is 4.52. The van der Waals surface area contributed by atoms with Gasteiger partial charge in [-0.1, -0.05) is 6.07 Å². The van der Waals surface area contributed by atoms with Crippen LogP contribution in [0.1, 0.15) is 32.4 Å². The highest BCUT2D eigenvalue weighted by molar-refractivity contribution is 6.04. The highest BCUT2D eigenvalue weighted by Crippen LogP contribution is 2.40. The summed E-state index contributed by atoms with van der Waals surface area (Å²) in [6.45, 7) is 4.99. The summed E-state index contributed by atoms with van der Waals surface area (Å²) in [5.41, 5.74) is -0.597. The summed E-state index contributed by atoms with van der Waals surface area (Å²) in [7, 11) is 0. The summed E-state index contributed by atoms with van der Waals surface area (Å²) in [6, 6.07) is 10.2. The number of fused-ring (bicyclic) bond motifs is 4. The Hall–Kier alpha value is -3.93. The minimum Gasteiger partial charge on any atom is -0.477 e. The van der Waals surface area contributed by atoms with Crippen molar-refractivity contribution >= 4 is 23.4 Å². The van der Waals surface area contributed by atoms with Crippen molar-refractivity contribution in [3.63, 3.8) is 0 Å². The molecule has 2 amide bonds. The third kappa shape index (κ3) is 5.49. The van der Waals surface area contributed by atoms with E-state index >= 15 is 0 Å². The number of halogens is 3. The van der Waals surface area contributed by atoms with Gasteiger partial charge in [0.25, 0.3) is 0 Å². The molecule has 2 aliphatic rings. The van der Waals surface area contributed by atoms with Gasteiger partial charge < -0.3 is 14.7 Å². The van der Waals surface area contributed by atoms with Crippen LogP contribution in [-0.4, -0.2) is 57.4 Å². The molecule has 0 saturated carbocycles. The Bertz CT molecular complexity index is 1340. The van der Waals surface area contributed by atoms with E-state index in [9.17, 15) is 23.1 Å².